The van der Waals surface area contributed by atoms with E-state index in [1.54, 1.807) is 0 Å². The van der Waals surface area contributed by atoms with Gasteiger partial charge in [0.05, 0.1) is 11.0 Å². The molecule has 0 saturated heterocycles. The minimum absolute atomic E-state index is 0.0592. The van der Waals surface area contributed by atoms with Gasteiger partial charge in [-0.25, -0.2) is 8.42 Å². The van der Waals surface area contributed by atoms with Crippen molar-refractivity contribution >= 4 is 9.84 Å². The molecule has 0 atom stereocenters. The Kier molecular flexibility index (Phi) is 2.31. The van der Waals surface area contributed by atoms with Crippen molar-refractivity contribution in [3.63, 3.8) is 0 Å². The molecule has 1 saturated carbocycles. The maximum absolute atomic E-state index is 11.1. The average molecular weight is 163 g/mol. The van der Waals surface area contributed by atoms with Gasteiger partial charge in [0.15, 0.2) is 9.84 Å². The van der Waals surface area contributed by atoms with Crippen molar-refractivity contribution in [1.82, 2.24) is 0 Å². The van der Waals surface area contributed by atoms with Gasteiger partial charge in [-0.3, -0.25) is 0 Å². The highest BCUT2D eigenvalue weighted by Crippen LogP contribution is 2.26. The summed E-state index contributed by atoms with van der Waals surface area (Å²) in [6, 6.07) is 0. The van der Waals surface area contributed by atoms with E-state index in [9.17, 15) is 8.42 Å². The van der Waals surface area contributed by atoms with Gasteiger partial charge in [0.2, 0.25) is 0 Å². The molecule has 3 nitrogen and oxygen atoms in total. The van der Waals surface area contributed by atoms with Gasteiger partial charge in [-0.1, -0.05) is 6.42 Å². The van der Waals surface area contributed by atoms with E-state index in [1.807, 2.05) is 0 Å². The lowest BCUT2D eigenvalue weighted by atomic mass is 10.0. The van der Waals surface area contributed by atoms with Gasteiger partial charge in [-0.05, 0) is 12.8 Å². The lowest BCUT2D eigenvalue weighted by molar-refractivity contribution is 0.477. The topological polar surface area (TPSA) is 60.2 Å². The maximum Gasteiger partial charge on any atom is 0.154 e. The lowest BCUT2D eigenvalue weighted by Gasteiger charge is -2.24. The molecule has 0 bridgehead atoms. The average Bonchev–Trinajstić information content (AvgIpc) is 1.56. The normalized spacial score (nSPS) is 20.5. The molecule has 4 heteroatoms. The van der Waals surface area contributed by atoms with Crippen LogP contribution in [0.2, 0.25) is 0 Å². The third kappa shape index (κ3) is 1.49. The highest BCUT2D eigenvalue weighted by atomic mass is 32.2. The van der Waals surface area contributed by atoms with Crippen LogP contribution < -0.4 is 5.73 Å². The fraction of sp³-hybridized carbons (Fsp3) is 1.00. The molecular formula is C6H13NO2S. The first-order valence-corrected chi connectivity index (χ1v) is 5.30. The smallest absolute Gasteiger partial charge is 0.154 e. The Labute approximate surface area is 61.5 Å². The highest BCUT2D eigenvalue weighted by molar-refractivity contribution is 7.92. The molecule has 0 unspecified atom stereocenters. The van der Waals surface area contributed by atoms with Crippen molar-refractivity contribution in [3.05, 3.63) is 0 Å². The second-order valence-corrected chi connectivity index (χ2v) is 5.11. The van der Waals surface area contributed by atoms with Crippen LogP contribution in [0.3, 0.4) is 0 Å². The maximum atomic E-state index is 11.1. The van der Waals surface area contributed by atoms with Crippen LogP contribution in [0.15, 0.2) is 0 Å². The van der Waals surface area contributed by atoms with Crippen LogP contribution >= 0.6 is 0 Å². The summed E-state index contributed by atoms with van der Waals surface area (Å²) in [6.45, 7) is 0.263. The van der Waals surface area contributed by atoms with Gasteiger partial charge < -0.3 is 5.73 Å². The molecule has 0 radical (unpaired) electrons. The third-order valence-corrected chi connectivity index (χ3v) is 4.25. The van der Waals surface area contributed by atoms with Crippen LogP contribution in [0.4, 0.5) is 0 Å². The zero-order valence-electron chi connectivity index (χ0n) is 5.91. The Morgan fingerprint density at radius 2 is 2.00 bits per heavy atom. The van der Waals surface area contributed by atoms with E-state index in [1.165, 1.54) is 0 Å². The van der Waals surface area contributed by atoms with Crippen molar-refractivity contribution < 1.29 is 8.42 Å². The van der Waals surface area contributed by atoms with E-state index in [4.69, 9.17) is 5.73 Å². The van der Waals surface area contributed by atoms with Gasteiger partial charge in [-0.15, -0.1) is 0 Å². The Morgan fingerprint density at radius 1 is 1.40 bits per heavy atom. The molecule has 1 rings (SSSR count). The number of hydrogen-bond donors (Lipinski definition) is 1. The van der Waals surface area contributed by atoms with E-state index in [2.05, 4.69) is 0 Å². The number of sulfone groups is 1. The summed E-state index contributed by atoms with van der Waals surface area (Å²) >= 11 is 0. The van der Waals surface area contributed by atoms with Crippen molar-refractivity contribution in [2.24, 2.45) is 5.73 Å². The van der Waals surface area contributed by atoms with Crippen LogP contribution in [0.1, 0.15) is 19.3 Å². The Morgan fingerprint density at radius 3 is 2.30 bits per heavy atom. The first-order valence-electron chi connectivity index (χ1n) is 3.58. The van der Waals surface area contributed by atoms with Gasteiger partial charge in [-0.2, -0.15) is 0 Å². The summed E-state index contributed by atoms with van der Waals surface area (Å²) < 4.78 is 22.3. The molecule has 1 aliphatic carbocycles. The standard InChI is InChI=1S/C6H13NO2S/c7-4-5-10(8,9)6-2-1-3-6/h6H,1-5,7H2. The first-order chi connectivity index (χ1) is 4.67. The SMILES string of the molecule is NCCS(=O)(=O)C1CCC1. The lowest BCUT2D eigenvalue weighted by Crippen LogP contribution is -2.32. The summed E-state index contributed by atoms with van der Waals surface area (Å²) in [7, 11) is -2.80. The molecule has 0 aromatic heterocycles. The largest absolute Gasteiger partial charge is 0.329 e. The van der Waals surface area contributed by atoms with Gasteiger partial charge in [0.1, 0.15) is 0 Å². The zero-order chi connectivity index (χ0) is 7.61. The van der Waals surface area contributed by atoms with Crippen molar-refractivity contribution in [1.29, 1.82) is 0 Å². The summed E-state index contributed by atoms with van der Waals surface area (Å²) in [6.07, 6.45) is 2.76. The molecular weight excluding hydrogens is 150 g/mol. The van der Waals surface area contributed by atoms with E-state index >= 15 is 0 Å². The number of hydrogen-bond acceptors (Lipinski definition) is 3. The Balaban J connectivity index is 2.50. The molecule has 0 aromatic rings. The van der Waals surface area contributed by atoms with Gasteiger partial charge >= 0.3 is 0 Å². The molecule has 2 N–H and O–H groups in total. The van der Waals surface area contributed by atoms with Crippen LogP contribution in [0.5, 0.6) is 0 Å². The van der Waals surface area contributed by atoms with Crippen LogP contribution in [0, 0.1) is 0 Å². The van der Waals surface area contributed by atoms with Gasteiger partial charge in [0, 0.05) is 6.54 Å². The van der Waals surface area contributed by atoms with E-state index in [0.29, 0.717) is 0 Å². The Bertz CT molecular complexity index is 194. The number of rotatable bonds is 3. The van der Waals surface area contributed by atoms with Crippen molar-refractivity contribution in [2.75, 3.05) is 12.3 Å². The minimum Gasteiger partial charge on any atom is -0.329 e. The highest BCUT2D eigenvalue weighted by Gasteiger charge is 2.29. The van der Waals surface area contributed by atoms with Gasteiger partial charge in [0.25, 0.3) is 0 Å². The summed E-state index contributed by atoms with van der Waals surface area (Å²) in [4.78, 5) is 0. The summed E-state index contributed by atoms with van der Waals surface area (Å²) in [5, 5.41) is -0.0592. The third-order valence-electron chi connectivity index (χ3n) is 1.96. The fourth-order valence-corrected chi connectivity index (χ4v) is 2.77. The molecule has 0 aromatic carbocycles. The molecule has 1 fully saturated rings. The predicted octanol–water partition coefficient (Wildman–Crippen LogP) is -0.0876. The first kappa shape index (κ1) is 8.01. The second-order valence-electron chi connectivity index (χ2n) is 2.71. The minimum atomic E-state index is -2.80. The van der Waals surface area contributed by atoms with E-state index in [-0.39, 0.29) is 17.5 Å². The quantitative estimate of drug-likeness (QED) is 0.632. The second kappa shape index (κ2) is 2.88. The van der Waals surface area contributed by atoms with Crippen LogP contribution in [0.25, 0.3) is 0 Å². The number of nitrogens with two attached hydrogens (primary N) is 1. The Hall–Kier alpha value is -0.0900. The molecule has 10 heavy (non-hydrogen) atoms. The molecule has 0 heterocycles. The molecule has 0 spiro atoms. The van der Waals surface area contributed by atoms with Crippen LogP contribution in [-0.4, -0.2) is 26.0 Å². The molecule has 1 aliphatic rings. The predicted molar refractivity (Wildman–Crippen MR) is 40.5 cm³/mol. The monoisotopic (exact) mass is 163 g/mol. The molecule has 60 valence electrons. The van der Waals surface area contributed by atoms with Crippen molar-refractivity contribution in [2.45, 2.75) is 24.5 Å². The van der Waals surface area contributed by atoms with E-state index < -0.39 is 9.84 Å². The molecule has 0 aliphatic heterocycles. The zero-order valence-corrected chi connectivity index (χ0v) is 6.73. The van der Waals surface area contributed by atoms with Crippen LogP contribution in [-0.2, 0) is 9.84 Å². The summed E-state index contributed by atoms with van der Waals surface area (Å²) in [5.41, 5.74) is 5.15. The van der Waals surface area contributed by atoms with Crippen molar-refractivity contribution in [3.8, 4) is 0 Å². The fourth-order valence-electron chi connectivity index (χ4n) is 1.06. The molecule has 0 amide bonds. The van der Waals surface area contributed by atoms with E-state index in [0.717, 1.165) is 19.3 Å². The summed E-state index contributed by atoms with van der Waals surface area (Å²) in [5.74, 6) is 0.164.